The van der Waals surface area contributed by atoms with Gasteiger partial charge in [0.2, 0.25) is 0 Å². The van der Waals surface area contributed by atoms with E-state index in [4.69, 9.17) is 30.5 Å². The molecular weight excluding hydrogens is 513 g/mol. The van der Waals surface area contributed by atoms with E-state index in [0.29, 0.717) is 4.47 Å². The molecular formula is C16H14Br2ClNO7. The third-order valence-corrected chi connectivity index (χ3v) is 5.32. The number of carbonyl (C=O) groups is 3. The van der Waals surface area contributed by atoms with Gasteiger partial charge in [-0.25, -0.2) is 14.4 Å². The van der Waals surface area contributed by atoms with Crippen LogP contribution in [0.2, 0.25) is 5.02 Å². The lowest BCUT2D eigenvalue weighted by Gasteiger charge is -2.33. The number of carbonyl (C=O) groups excluding carboxylic acids is 3. The van der Waals surface area contributed by atoms with Crippen LogP contribution in [0.4, 0.5) is 5.69 Å². The summed E-state index contributed by atoms with van der Waals surface area (Å²) in [5, 5.41) is 0.178. The Balaban J connectivity index is 2.77. The van der Waals surface area contributed by atoms with Crippen molar-refractivity contribution in [2.75, 3.05) is 39.6 Å². The van der Waals surface area contributed by atoms with Gasteiger partial charge in [0, 0.05) is 4.47 Å². The minimum Gasteiger partial charge on any atom is -0.466 e. The van der Waals surface area contributed by atoms with Gasteiger partial charge in [-0.05, 0) is 37.9 Å². The lowest BCUT2D eigenvalue weighted by molar-refractivity contribution is -0.140. The molecule has 0 N–H and O–H groups in total. The van der Waals surface area contributed by atoms with Crippen LogP contribution in [0.15, 0.2) is 26.3 Å². The lowest BCUT2D eigenvalue weighted by Crippen LogP contribution is -2.39. The van der Waals surface area contributed by atoms with Crippen LogP contribution in [0.3, 0.4) is 0 Å². The predicted octanol–water partition coefficient (Wildman–Crippen LogP) is 3.05. The minimum absolute atomic E-state index is 0.0406. The molecule has 1 aromatic rings. The van der Waals surface area contributed by atoms with Crippen molar-refractivity contribution in [2.24, 2.45) is 0 Å². The zero-order valence-electron chi connectivity index (χ0n) is 14.4. The van der Waals surface area contributed by atoms with E-state index in [0.717, 1.165) is 0 Å². The number of halogens is 3. The van der Waals surface area contributed by atoms with Crippen LogP contribution in [0, 0.1) is 0 Å². The molecule has 0 radical (unpaired) electrons. The fourth-order valence-electron chi connectivity index (χ4n) is 2.44. The number of rotatable bonds is 4. The maximum atomic E-state index is 12.4. The van der Waals surface area contributed by atoms with Crippen LogP contribution in [-0.4, -0.2) is 52.6 Å². The summed E-state index contributed by atoms with van der Waals surface area (Å²) in [4.78, 5) is 38.0. The third-order valence-electron chi connectivity index (χ3n) is 3.64. The van der Waals surface area contributed by atoms with E-state index in [1.165, 1.54) is 32.3 Å². The fourth-order valence-corrected chi connectivity index (χ4v) is 4.65. The number of hydrogen-bond acceptors (Lipinski definition) is 8. The number of ether oxygens (including phenoxy) is 4. The van der Waals surface area contributed by atoms with Crippen molar-refractivity contribution in [3.05, 3.63) is 36.9 Å². The van der Waals surface area contributed by atoms with Crippen LogP contribution in [0.25, 0.3) is 0 Å². The van der Waals surface area contributed by atoms with E-state index in [1.807, 2.05) is 0 Å². The first kappa shape index (κ1) is 21.7. The molecule has 0 bridgehead atoms. The number of esters is 3. The SMILES string of the molecule is COC(=O)C1=C(C(=O)OC)N(c2c(Cl)cc(Br)c(C(=O)OC)c2Br)COC1. The monoisotopic (exact) mass is 525 g/mol. The third kappa shape index (κ3) is 4.13. The second-order valence-corrected chi connectivity index (χ2v) is 7.14. The maximum absolute atomic E-state index is 12.4. The molecule has 0 amide bonds. The molecule has 2 rings (SSSR count). The topological polar surface area (TPSA) is 91.4 Å². The van der Waals surface area contributed by atoms with Gasteiger partial charge < -0.3 is 23.8 Å². The highest BCUT2D eigenvalue weighted by atomic mass is 79.9. The summed E-state index contributed by atoms with van der Waals surface area (Å²) >= 11 is 12.9. The van der Waals surface area contributed by atoms with E-state index in [9.17, 15) is 14.4 Å². The summed E-state index contributed by atoms with van der Waals surface area (Å²) in [6.45, 7) is -0.269. The number of hydrogen-bond donors (Lipinski definition) is 0. The summed E-state index contributed by atoms with van der Waals surface area (Å²) in [6.07, 6.45) is 0. The largest absolute Gasteiger partial charge is 0.466 e. The molecule has 1 aliphatic heterocycles. The Kier molecular flexibility index (Phi) is 7.26. The molecule has 11 heteroatoms. The van der Waals surface area contributed by atoms with Crippen molar-refractivity contribution in [3.63, 3.8) is 0 Å². The molecule has 0 aliphatic carbocycles. The number of benzene rings is 1. The Morgan fingerprint density at radius 2 is 1.67 bits per heavy atom. The highest BCUT2D eigenvalue weighted by Gasteiger charge is 2.35. The normalized spacial score (nSPS) is 14.1. The molecule has 0 unspecified atom stereocenters. The van der Waals surface area contributed by atoms with Crippen molar-refractivity contribution in [3.8, 4) is 0 Å². The van der Waals surface area contributed by atoms with Gasteiger partial charge in [-0.2, -0.15) is 0 Å². The number of anilines is 1. The first-order valence-electron chi connectivity index (χ1n) is 7.29. The fraction of sp³-hybridized carbons (Fsp3) is 0.312. The van der Waals surface area contributed by atoms with Gasteiger partial charge >= 0.3 is 17.9 Å². The van der Waals surface area contributed by atoms with Gasteiger partial charge in [-0.3, -0.25) is 0 Å². The molecule has 0 saturated heterocycles. The summed E-state index contributed by atoms with van der Waals surface area (Å²) in [5.74, 6) is -2.18. The first-order valence-corrected chi connectivity index (χ1v) is 9.25. The average molecular weight is 528 g/mol. The number of nitrogens with zero attached hydrogens (tertiary/aromatic N) is 1. The Labute approximate surface area is 176 Å². The Bertz CT molecular complexity index is 841. The summed E-state index contributed by atoms with van der Waals surface area (Å²) < 4.78 is 20.3. The van der Waals surface area contributed by atoms with Gasteiger partial charge in [0.15, 0.2) is 0 Å². The second kappa shape index (κ2) is 9.05. The molecule has 0 aromatic heterocycles. The van der Waals surface area contributed by atoms with Gasteiger partial charge in [0.25, 0.3) is 0 Å². The van der Waals surface area contributed by atoms with Gasteiger partial charge in [-0.1, -0.05) is 11.6 Å². The summed E-state index contributed by atoms with van der Waals surface area (Å²) in [5.41, 5.74) is 0.227. The lowest BCUT2D eigenvalue weighted by atomic mass is 10.1. The van der Waals surface area contributed by atoms with Crippen molar-refractivity contribution in [1.29, 1.82) is 0 Å². The van der Waals surface area contributed by atoms with Crippen LogP contribution in [0.1, 0.15) is 10.4 Å². The molecule has 27 heavy (non-hydrogen) atoms. The standard InChI is InChI=1S/C16H14Br2ClNO7/c1-24-14(21)7-5-27-6-20(12(7)16(23)26-3)13-9(19)4-8(17)10(11(13)18)15(22)25-2/h4H,5-6H2,1-3H3. The summed E-state index contributed by atoms with van der Waals surface area (Å²) in [7, 11) is 3.59. The van der Waals surface area contributed by atoms with Gasteiger partial charge in [-0.15, -0.1) is 0 Å². The smallest absolute Gasteiger partial charge is 0.355 e. The zero-order valence-corrected chi connectivity index (χ0v) is 18.4. The maximum Gasteiger partial charge on any atom is 0.355 e. The van der Waals surface area contributed by atoms with Crippen LogP contribution >= 0.6 is 43.5 Å². The van der Waals surface area contributed by atoms with Crippen LogP contribution in [0.5, 0.6) is 0 Å². The Morgan fingerprint density at radius 3 is 2.22 bits per heavy atom. The van der Waals surface area contributed by atoms with Crippen molar-refractivity contribution < 1.29 is 33.3 Å². The highest BCUT2D eigenvalue weighted by molar-refractivity contribution is 9.11. The quantitative estimate of drug-likeness (QED) is 0.436. The molecule has 0 atom stereocenters. The Hall–Kier alpha value is -1.62. The second-order valence-electron chi connectivity index (χ2n) is 5.09. The van der Waals surface area contributed by atoms with E-state index in [-0.39, 0.29) is 45.4 Å². The van der Waals surface area contributed by atoms with Crippen LogP contribution in [-0.2, 0) is 28.5 Å². The molecule has 0 saturated carbocycles. The Morgan fingerprint density at radius 1 is 1.07 bits per heavy atom. The van der Waals surface area contributed by atoms with Gasteiger partial charge in [0.05, 0.1) is 54.3 Å². The summed E-state index contributed by atoms with van der Waals surface area (Å²) in [6, 6.07) is 1.47. The average Bonchev–Trinajstić information content (AvgIpc) is 2.65. The molecule has 146 valence electrons. The molecule has 1 aliphatic rings. The molecule has 0 spiro atoms. The minimum atomic E-state index is -0.788. The van der Waals surface area contributed by atoms with E-state index in [1.54, 1.807) is 0 Å². The van der Waals surface area contributed by atoms with Gasteiger partial charge in [0.1, 0.15) is 12.4 Å². The van der Waals surface area contributed by atoms with Crippen LogP contribution < -0.4 is 4.90 Å². The van der Waals surface area contributed by atoms with E-state index >= 15 is 0 Å². The van der Waals surface area contributed by atoms with Crippen molar-refractivity contribution >= 4 is 67.1 Å². The van der Waals surface area contributed by atoms with E-state index < -0.39 is 17.9 Å². The molecule has 1 aromatic carbocycles. The number of methoxy groups -OCH3 is 3. The molecule has 8 nitrogen and oxygen atoms in total. The van der Waals surface area contributed by atoms with E-state index in [2.05, 4.69) is 31.9 Å². The molecule has 1 heterocycles. The van der Waals surface area contributed by atoms with Crippen molar-refractivity contribution in [2.45, 2.75) is 0 Å². The predicted molar refractivity (Wildman–Crippen MR) is 103 cm³/mol. The van der Waals surface area contributed by atoms with Crippen molar-refractivity contribution in [1.82, 2.24) is 0 Å². The zero-order chi connectivity index (χ0) is 20.3. The molecule has 0 fully saturated rings. The highest BCUT2D eigenvalue weighted by Crippen LogP contribution is 2.43. The first-order chi connectivity index (χ1) is 12.8.